The first kappa shape index (κ1) is 13.7. The number of nitrogens with one attached hydrogen (secondary N) is 1. The fourth-order valence-electron chi connectivity index (χ4n) is 1.51. The molecule has 1 heterocycles. The smallest absolute Gasteiger partial charge is 0.319 e. The number of rotatable bonds is 5. The molecule has 1 atom stereocenters. The molecular weight excluding hydrogens is 363 g/mol. The number of fused-ring (bicyclic) bond motifs is 1. The van der Waals surface area contributed by atoms with Crippen molar-refractivity contribution in [3.8, 4) is 0 Å². The van der Waals surface area contributed by atoms with Gasteiger partial charge in [0.15, 0.2) is 0 Å². The zero-order valence-electron chi connectivity index (χ0n) is 9.85. The molecule has 96 valence electrons. The van der Waals surface area contributed by atoms with Gasteiger partial charge >= 0.3 is 5.97 Å². The second-order valence-electron chi connectivity index (χ2n) is 3.70. The van der Waals surface area contributed by atoms with Crippen LogP contribution in [0.3, 0.4) is 0 Å². The number of benzene rings is 1. The van der Waals surface area contributed by atoms with E-state index in [2.05, 4.69) is 43.7 Å². The molecule has 0 fully saturated rings. The molecule has 18 heavy (non-hydrogen) atoms. The second-order valence-corrected chi connectivity index (χ2v) is 6.32. The SMILES string of the molecule is COC(=O)C(I)CNCc1nc2ccccc2s1. The Bertz CT molecular complexity index is 511. The molecular formula is C12H13IN2O2S. The molecule has 1 aromatic heterocycles. The fraction of sp³-hybridized carbons (Fsp3) is 0.333. The van der Waals surface area contributed by atoms with Crippen LogP contribution in [0.15, 0.2) is 24.3 Å². The zero-order chi connectivity index (χ0) is 13.0. The molecule has 0 saturated carbocycles. The Morgan fingerprint density at radius 1 is 1.56 bits per heavy atom. The Labute approximate surface area is 123 Å². The normalized spacial score (nSPS) is 12.6. The number of alkyl halides is 1. The quantitative estimate of drug-likeness (QED) is 0.495. The third kappa shape index (κ3) is 3.39. The Morgan fingerprint density at radius 2 is 2.33 bits per heavy atom. The van der Waals surface area contributed by atoms with E-state index in [0.717, 1.165) is 10.5 Å². The number of hydrogen-bond donors (Lipinski definition) is 1. The highest BCUT2D eigenvalue weighted by Gasteiger charge is 2.14. The highest BCUT2D eigenvalue weighted by molar-refractivity contribution is 14.1. The molecule has 0 amide bonds. The lowest BCUT2D eigenvalue weighted by Crippen LogP contribution is -2.29. The fourth-order valence-corrected chi connectivity index (χ4v) is 3.02. The summed E-state index contributed by atoms with van der Waals surface area (Å²) in [6.07, 6.45) is 0. The van der Waals surface area contributed by atoms with Gasteiger partial charge < -0.3 is 10.1 Å². The number of carbonyl (C=O) groups is 1. The van der Waals surface area contributed by atoms with Gasteiger partial charge in [0.1, 0.15) is 8.93 Å². The van der Waals surface area contributed by atoms with E-state index in [1.807, 2.05) is 18.2 Å². The summed E-state index contributed by atoms with van der Waals surface area (Å²) in [5.41, 5.74) is 1.03. The Balaban J connectivity index is 1.88. The maximum Gasteiger partial charge on any atom is 0.319 e. The molecule has 1 unspecified atom stereocenters. The number of thiazole rings is 1. The van der Waals surface area contributed by atoms with Gasteiger partial charge in [0.2, 0.25) is 0 Å². The summed E-state index contributed by atoms with van der Waals surface area (Å²) >= 11 is 3.74. The van der Waals surface area contributed by atoms with Crippen molar-refractivity contribution in [1.29, 1.82) is 0 Å². The highest BCUT2D eigenvalue weighted by atomic mass is 127. The van der Waals surface area contributed by atoms with E-state index in [9.17, 15) is 4.79 Å². The average molecular weight is 376 g/mol. The van der Waals surface area contributed by atoms with Crippen molar-refractivity contribution >= 4 is 50.1 Å². The van der Waals surface area contributed by atoms with Crippen LogP contribution in [0.2, 0.25) is 0 Å². The molecule has 0 radical (unpaired) electrons. The van der Waals surface area contributed by atoms with E-state index in [4.69, 9.17) is 0 Å². The molecule has 1 aromatic carbocycles. The largest absolute Gasteiger partial charge is 0.468 e. The van der Waals surface area contributed by atoms with Gasteiger partial charge in [-0.05, 0) is 12.1 Å². The van der Waals surface area contributed by atoms with Crippen molar-refractivity contribution < 1.29 is 9.53 Å². The molecule has 6 heteroatoms. The second kappa shape index (κ2) is 6.44. The Hall–Kier alpha value is -0.730. The van der Waals surface area contributed by atoms with Crippen LogP contribution in [0.25, 0.3) is 10.2 Å². The van der Waals surface area contributed by atoms with E-state index in [-0.39, 0.29) is 9.89 Å². The number of halogens is 1. The number of nitrogens with zero attached hydrogens (tertiary/aromatic N) is 1. The van der Waals surface area contributed by atoms with Crippen LogP contribution in [0.5, 0.6) is 0 Å². The van der Waals surface area contributed by atoms with Crippen LogP contribution in [0.4, 0.5) is 0 Å². The molecule has 0 aliphatic heterocycles. The van der Waals surface area contributed by atoms with Crippen LogP contribution in [0.1, 0.15) is 5.01 Å². The summed E-state index contributed by atoms with van der Waals surface area (Å²) in [5.74, 6) is -0.201. The minimum Gasteiger partial charge on any atom is -0.468 e. The first-order valence-corrected chi connectivity index (χ1v) is 7.54. The Morgan fingerprint density at radius 3 is 3.06 bits per heavy atom. The van der Waals surface area contributed by atoms with Crippen LogP contribution < -0.4 is 5.32 Å². The maximum absolute atomic E-state index is 11.2. The van der Waals surface area contributed by atoms with Gasteiger partial charge in [-0.2, -0.15) is 0 Å². The van der Waals surface area contributed by atoms with Crippen molar-refractivity contribution in [3.63, 3.8) is 0 Å². The monoisotopic (exact) mass is 376 g/mol. The van der Waals surface area contributed by atoms with E-state index in [1.165, 1.54) is 11.8 Å². The van der Waals surface area contributed by atoms with E-state index < -0.39 is 0 Å². The van der Waals surface area contributed by atoms with E-state index in [0.29, 0.717) is 13.1 Å². The third-order valence-corrected chi connectivity index (χ3v) is 4.38. The van der Waals surface area contributed by atoms with Crippen LogP contribution in [-0.2, 0) is 16.1 Å². The predicted octanol–water partition coefficient (Wildman–Crippen LogP) is 2.36. The lowest BCUT2D eigenvalue weighted by atomic mass is 10.3. The number of hydrogen-bond acceptors (Lipinski definition) is 5. The maximum atomic E-state index is 11.2. The van der Waals surface area contributed by atoms with E-state index in [1.54, 1.807) is 11.3 Å². The first-order chi connectivity index (χ1) is 8.70. The van der Waals surface area contributed by atoms with Crippen LogP contribution in [-0.4, -0.2) is 28.5 Å². The summed E-state index contributed by atoms with van der Waals surface area (Å²) in [4.78, 5) is 15.7. The molecule has 0 saturated heterocycles. The van der Waals surface area contributed by atoms with Crippen molar-refractivity contribution in [2.75, 3.05) is 13.7 Å². The van der Waals surface area contributed by atoms with Gasteiger partial charge in [0, 0.05) is 13.1 Å². The first-order valence-electron chi connectivity index (χ1n) is 5.48. The summed E-state index contributed by atoms with van der Waals surface area (Å²) in [7, 11) is 1.40. The standard InChI is InChI=1S/C12H13IN2O2S/c1-17-12(16)8(13)6-14-7-11-15-9-4-2-3-5-10(9)18-11/h2-5,8,14H,6-7H2,1H3. The molecule has 0 spiro atoms. The van der Waals surface area contributed by atoms with Gasteiger partial charge in [-0.1, -0.05) is 34.7 Å². The number of esters is 1. The lowest BCUT2D eigenvalue weighted by Gasteiger charge is -2.07. The molecule has 0 aliphatic carbocycles. The number of aromatic nitrogens is 1. The number of ether oxygens (including phenoxy) is 1. The van der Waals surface area contributed by atoms with Gasteiger partial charge in [-0.3, -0.25) is 4.79 Å². The third-order valence-electron chi connectivity index (χ3n) is 2.39. The van der Waals surface area contributed by atoms with Crippen molar-refractivity contribution in [2.24, 2.45) is 0 Å². The number of carbonyl (C=O) groups excluding carboxylic acids is 1. The minimum absolute atomic E-state index is 0.165. The molecule has 0 aliphatic rings. The summed E-state index contributed by atoms with van der Waals surface area (Å²) < 4.78 is 5.69. The predicted molar refractivity (Wildman–Crippen MR) is 81.2 cm³/mol. The molecule has 2 rings (SSSR count). The minimum atomic E-state index is -0.201. The van der Waals surface area contributed by atoms with Gasteiger partial charge in [-0.25, -0.2) is 4.98 Å². The molecule has 0 bridgehead atoms. The lowest BCUT2D eigenvalue weighted by molar-refractivity contribution is -0.139. The molecule has 4 nitrogen and oxygen atoms in total. The van der Waals surface area contributed by atoms with Crippen molar-refractivity contribution in [1.82, 2.24) is 10.3 Å². The van der Waals surface area contributed by atoms with Gasteiger partial charge in [-0.15, -0.1) is 11.3 Å². The average Bonchev–Trinajstić information content (AvgIpc) is 2.80. The van der Waals surface area contributed by atoms with Gasteiger partial charge in [0.25, 0.3) is 0 Å². The summed E-state index contributed by atoms with van der Waals surface area (Å²) in [5, 5.41) is 4.25. The molecule has 1 N–H and O–H groups in total. The van der Waals surface area contributed by atoms with Gasteiger partial charge in [0.05, 0.1) is 17.3 Å². The zero-order valence-corrected chi connectivity index (χ0v) is 12.8. The molecule has 2 aromatic rings. The highest BCUT2D eigenvalue weighted by Crippen LogP contribution is 2.21. The van der Waals surface area contributed by atoms with E-state index >= 15 is 0 Å². The number of para-hydroxylation sites is 1. The number of methoxy groups -OCH3 is 1. The van der Waals surface area contributed by atoms with Crippen molar-refractivity contribution in [2.45, 2.75) is 10.5 Å². The topological polar surface area (TPSA) is 51.2 Å². The van der Waals surface area contributed by atoms with Crippen LogP contribution >= 0.6 is 33.9 Å². The summed E-state index contributed by atoms with van der Waals surface area (Å²) in [6.45, 7) is 1.26. The van der Waals surface area contributed by atoms with Crippen molar-refractivity contribution in [3.05, 3.63) is 29.3 Å². The summed E-state index contributed by atoms with van der Waals surface area (Å²) in [6, 6.07) is 8.06. The van der Waals surface area contributed by atoms with Crippen LogP contribution in [0, 0.1) is 0 Å². The Kier molecular flexibility index (Phi) is 4.90.